The average Bonchev–Trinajstić information content (AvgIpc) is 2.91. The van der Waals surface area contributed by atoms with Crippen LogP contribution in [0.5, 0.6) is 0 Å². The molecule has 4 amide bonds. The topological polar surface area (TPSA) is 66.5 Å². The number of carbonyl (C=O) groups is 3. The number of imide groups is 2. The highest BCUT2D eigenvalue weighted by molar-refractivity contribution is 6.37. The van der Waals surface area contributed by atoms with E-state index < -0.39 is 29.1 Å². The lowest BCUT2D eigenvalue weighted by molar-refractivity contribution is -0.142. The molecule has 1 heterocycles. The SMILES string of the molecule is O=C1NC(=O)C2(CCCC2)C(=O)N1c1c(F)cccc1Cl. The maximum absolute atomic E-state index is 14.0. The summed E-state index contributed by atoms with van der Waals surface area (Å²) >= 11 is 5.93. The van der Waals surface area contributed by atoms with Crippen molar-refractivity contribution in [2.45, 2.75) is 25.7 Å². The van der Waals surface area contributed by atoms with Crippen molar-refractivity contribution in [2.75, 3.05) is 4.90 Å². The summed E-state index contributed by atoms with van der Waals surface area (Å²) in [6.07, 6.45) is 2.14. The van der Waals surface area contributed by atoms with E-state index in [9.17, 15) is 18.8 Å². The number of halogens is 2. The number of barbiturate groups is 1. The van der Waals surface area contributed by atoms with E-state index in [1.807, 2.05) is 0 Å². The Morgan fingerprint density at radius 1 is 1.19 bits per heavy atom. The van der Waals surface area contributed by atoms with Crippen LogP contribution >= 0.6 is 11.6 Å². The maximum atomic E-state index is 14.0. The number of carbonyl (C=O) groups excluding carboxylic acids is 3. The quantitative estimate of drug-likeness (QED) is 0.811. The molecule has 1 saturated carbocycles. The van der Waals surface area contributed by atoms with Crippen molar-refractivity contribution in [3.05, 3.63) is 29.0 Å². The summed E-state index contributed by atoms with van der Waals surface area (Å²) in [6.45, 7) is 0. The highest BCUT2D eigenvalue weighted by Gasteiger charge is 2.56. The minimum absolute atomic E-state index is 0.0546. The van der Waals surface area contributed by atoms with E-state index in [1.165, 1.54) is 12.1 Å². The van der Waals surface area contributed by atoms with Crippen molar-refractivity contribution >= 4 is 35.1 Å². The van der Waals surface area contributed by atoms with Crippen molar-refractivity contribution in [3.63, 3.8) is 0 Å². The van der Waals surface area contributed by atoms with Crippen LogP contribution in [0.25, 0.3) is 0 Å². The molecule has 1 N–H and O–H groups in total. The zero-order valence-electron chi connectivity index (χ0n) is 11.0. The standard InChI is InChI=1S/C14H12ClFN2O3/c15-8-4-3-5-9(16)10(8)18-12(20)14(6-1-2-7-14)11(19)17-13(18)21/h3-5H,1-2,6-7H2,(H,17,19,21). The van der Waals surface area contributed by atoms with E-state index in [-0.39, 0.29) is 10.7 Å². The number of nitrogens with zero attached hydrogens (tertiary/aromatic N) is 1. The molecule has 110 valence electrons. The zero-order chi connectivity index (χ0) is 15.2. The summed E-state index contributed by atoms with van der Waals surface area (Å²) in [6, 6.07) is 2.91. The van der Waals surface area contributed by atoms with Gasteiger partial charge in [-0.3, -0.25) is 14.9 Å². The fourth-order valence-electron chi connectivity index (χ4n) is 3.00. The largest absolute Gasteiger partial charge is 0.335 e. The number of benzene rings is 1. The molecule has 1 spiro atoms. The first-order valence-electron chi connectivity index (χ1n) is 6.61. The van der Waals surface area contributed by atoms with Gasteiger partial charge in [-0.05, 0) is 25.0 Å². The highest BCUT2D eigenvalue weighted by atomic mass is 35.5. The van der Waals surface area contributed by atoms with Gasteiger partial charge in [-0.2, -0.15) is 0 Å². The molecule has 0 aromatic heterocycles. The second kappa shape index (κ2) is 4.80. The summed E-state index contributed by atoms with van der Waals surface area (Å²) in [4.78, 5) is 37.4. The van der Waals surface area contributed by atoms with Crippen LogP contribution in [-0.4, -0.2) is 17.8 Å². The summed E-state index contributed by atoms with van der Waals surface area (Å²) in [5.74, 6) is -2.08. The van der Waals surface area contributed by atoms with E-state index >= 15 is 0 Å². The van der Waals surface area contributed by atoms with Crippen molar-refractivity contribution in [2.24, 2.45) is 5.41 Å². The van der Waals surface area contributed by atoms with Gasteiger partial charge < -0.3 is 0 Å². The van der Waals surface area contributed by atoms with Gasteiger partial charge in [-0.15, -0.1) is 0 Å². The molecule has 21 heavy (non-hydrogen) atoms. The van der Waals surface area contributed by atoms with Crippen molar-refractivity contribution in [1.82, 2.24) is 5.32 Å². The van der Waals surface area contributed by atoms with Gasteiger partial charge in [0.05, 0.1) is 5.02 Å². The summed E-state index contributed by atoms with van der Waals surface area (Å²) in [5, 5.41) is 2.09. The third kappa shape index (κ3) is 1.93. The van der Waals surface area contributed by atoms with E-state index in [2.05, 4.69) is 5.32 Å². The number of para-hydroxylation sites is 1. The Kier molecular flexibility index (Phi) is 3.20. The van der Waals surface area contributed by atoms with Crippen LogP contribution in [-0.2, 0) is 9.59 Å². The number of amides is 4. The average molecular weight is 311 g/mol. The first-order chi connectivity index (χ1) is 9.97. The fraction of sp³-hybridized carbons (Fsp3) is 0.357. The minimum atomic E-state index is -1.28. The molecule has 0 radical (unpaired) electrons. The number of nitrogens with one attached hydrogen (secondary N) is 1. The van der Waals surface area contributed by atoms with E-state index in [1.54, 1.807) is 0 Å². The van der Waals surface area contributed by atoms with Gasteiger partial charge in [-0.25, -0.2) is 14.1 Å². The molecule has 0 unspecified atom stereocenters. The van der Waals surface area contributed by atoms with Crippen LogP contribution in [0.2, 0.25) is 5.02 Å². The molecular weight excluding hydrogens is 299 g/mol. The lowest BCUT2D eigenvalue weighted by Crippen LogP contribution is -2.63. The molecule has 1 aliphatic carbocycles. The van der Waals surface area contributed by atoms with E-state index in [4.69, 9.17) is 11.6 Å². The summed E-state index contributed by atoms with van der Waals surface area (Å²) in [5.41, 5.74) is -1.58. The Labute approximate surface area is 125 Å². The molecule has 2 fully saturated rings. The first kappa shape index (κ1) is 14.0. The number of hydrogen-bond donors (Lipinski definition) is 1. The summed E-state index contributed by atoms with van der Waals surface area (Å²) < 4.78 is 14.0. The Morgan fingerprint density at radius 2 is 1.86 bits per heavy atom. The molecular formula is C14H12ClFN2O3. The molecule has 0 bridgehead atoms. The van der Waals surface area contributed by atoms with Gasteiger partial charge in [0.2, 0.25) is 5.91 Å². The lowest BCUT2D eigenvalue weighted by Gasteiger charge is -2.37. The van der Waals surface area contributed by atoms with Gasteiger partial charge in [0, 0.05) is 0 Å². The van der Waals surface area contributed by atoms with Crippen LogP contribution in [0.4, 0.5) is 14.9 Å². The highest BCUT2D eigenvalue weighted by Crippen LogP contribution is 2.44. The van der Waals surface area contributed by atoms with E-state index in [0.29, 0.717) is 30.6 Å². The molecule has 2 aliphatic rings. The Bertz CT molecular complexity index is 635. The van der Waals surface area contributed by atoms with Crippen LogP contribution in [0, 0.1) is 11.2 Å². The zero-order valence-corrected chi connectivity index (χ0v) is 11.7. The third-order valence-corrected chi connectivity index (χ3v) is 4.39. The van der Waals surface area contributed by atoms with Crippen molar-refractivity contribution < 1.29 is 18.8 Å². The van der Waals surface area contributed by atoms with Crippen LogP contribution in [0.15, 0.2) is 18.2 Å². The predicted octanol–water partition coefficient (Wildman–Crippen LogP) is 2.62. The van der Waals surface area contributed by atoms with Crippen LogP contribution in [0.3, 0.4) is 0 Å². The fourth-order valence-corrected chi connectivity index (χ4v) is 3.25. The third-order valence-electron chi connectivity index (χ3n) is 4.09. The number of anilines is 1. The molecule has 0 atom stereocenters. The maximum Gasteiger partial charge on any atom is 0.335 e. The Morgan fingerprint density at radius 3 is 2.48 bits per heavy atom. The number of rotatable bonds is 1. The first-order valence-corrected chi connectivity index (χ1v) is 6.99. The number of urea groups is 1. The molecule has 1 aliphatic heterocycles. The molecule has 3 rings (SSSR count). The normalized spacial score (nSPS) is 21.0. The van der Waals surface area contributed by atoms with Gasteiger partial charge in [0.15, 0.2) is 0 Å². The second-order valence-corrected chi connectivity index (χ2v) is 5.67. The van der Waals surface area contributed by atoms with Gasteiger partial charge in [0.1, 0.15) is 16.9 Å². The van der Waals surface area contributed by atoms with Gasteiger partial charge in [-0.1, -0.05) is 30.5 Å². The Hall–Kier alpha value is -1.95. The van der Waals surface area contributed by atoms with Gasteiger partial charge in [0.25, 0.3) is 5.91 Å². The van der Waals surface area contributed by atoms with Crippen LogP contribution in [0.1, 0.15) is 25.7 Å². The second-order valence-electron chi connectivity index (χ2n) is 5.26. The molecule has 5 nitrogen and oxygen atoms in total. The minimum Gasteiger partial charge on any atom is -0.276 e. The molecule has 1 aromatic rings. The van der Waals surface area contributed by atoms with E-state index in [0.717, 1.165) is 6.07 Å². The van der Waals surface area contributed by atoms with Gasteiger partial charge >= 0.3 is 6.03 Å². The molecule has 1 saturated heterocycles. The van der Waals surface area contributed by atoms with Crippen molar-refractivity contribution in [3.8, 4) is 0 Å². The predicted molar refractivity (Wildman–Crippen MR) is 73.3 cm³/mol. The smallest absolute Gasteiger partial charge is 0.276 e. The van der Waals surface area contributed by atoms with Crippen LogP contribution < -0.4 is 10.2 Å². The summed E-state index contributed by atoms with van der Waals surface area (Å²) in [7, 11) is 0. The number of hydrogen-bond acceptors (Lipinski definition) is 3. The Balaban J connectivity index is 2.11. The van der Waals surface area contributed by atoms with Crippen molar-refractivity contribution in [1.29, 1.82) is 0 Å². The lowest BCUT2D eigenvalue weighted by atomic mass is 9.82. The molecule has 1 aromatic carbocycles. The molecule has 7 heteroatoms. The monoisotopic (exact) mass is 310 g/mol.